The van der Waals surface area contributed by atoms with E-state index in [1.54, 1.807) is 12.1 Å². The fourth-order valence-corrected chi connectivity index (χ4v) is 2.15. The molecule has 2 aromatic rings. The molecule has 1 aromatic carbocycles. The van der Waals surface area contributed by atoms with E-state index < -0.39 is 0 Å². The van der Waals surface area contributed by atoms with Crippen LogP contribution in [0.5, 0.6) is 0 Å². The Morgan fingerprint density at radius 2 is 2.11 bits per heavy atom. The van der Waals surface area contributed by atoms with Crippen molar-refractivity contribution in [3.63, 3.8) is 0 Å². The van der Waals surface area contributed by atoms with Gasteiger partial charge in [-0.1, -0.05) is 12.1 Å². The van der Waals surface area contributed by atoms with Gasteiger partial charge in [0.15, 0.2) is 0 Å². The molecule has 0 aliphatic heterocycles. The number of nitrogens with two attached hydrogens (primary N) is 1. The number of aryl methyl sites for hydroxylation is 2. The summed E-state index contributed by atoms with van der Waals surface area (Å²) < 4.78 is 15.1. The van der Waals surface area contributed by atoms with Gasteiger partial charge < -0.3 is 10.3 Å². The Labute approximate surface area is 106 Å². The quantitative estimate of drug-likeness (QED) is 0.899. The van der Waals surface area contributed by atoms with Gasteiger partial charge >= 0.3 is 0 Å². The van der Waals surface area contributed by atoms with Crippen molar-refractivity contribution in [3.05, 3.63) is 52.9 Å². The lowest BCUT2D eigenvalue weighted by atomic mass is 10.1. The third-order valence-electron chi connectivity index (χ3n) is 3.25. The van der Waals surface area contributed by atoms with Gasteiger partial charge in [-0.15, -0.1) is 0 Å². The number of benzene rings is 1. The smallest absolute Gasteiger partial charge is 0.123 e. The Morgan fingerprint density at radius 3 is 2.78 bits per heavy atom. The molecule has 0 saturated carbocycles. The molecular weight excluding hydrogens is 229 g/mol. The summed E-state index contributed by atoms with van der Waals surface area (Å²) in [7, 11) is 1.99. The normalized spacial score (nSPS) is 10.9. The van der Waals surface area contributed by atoms with Crippen molar-refractivity contribution in [2.24, 2.45) is 12.8 Å². The molecule has 0 aliphatic carbocycles. The van der Waals surface area contributed by atoms with Gasteiger partial charge in [-0.25, -0.2) is 9.37 Å². The fraction of sp³-hybridized carbons (Fsp3) is 0.357. The average Bonchev–Trinajstić information content (AvgIpc) is 2.63. The monoisotopic (exact) mass is 247 g/mol. The molecule has 3 nitrogen and oxygen atoms in total. The molecule has 0 bridgehead atoms. The molecule has 2 rings (SSSR count). The average molecular weight is 247 g/mol. The van der Waals surface area contributed by atoms with E-state index in [1.807, 2.05) is 20.0 Å². The van der Waals surface area contributed by atoms with Crippen LogP contribution in [0, 0.1) is 12.7 Å². The van der Waals surface area contributed by atoms with Crippen molar-refractivity contribution in [1.82, 2.24) is 9.55 Å². The van der Waals surface area contributed by atoms with Gasteiger partial charge in [-0.2, -0.15) is 0 Å². The maximum Gasteiger partial charge on any atom is 0.123 e. The van der Waals surface area contributed by atoms with E-state index >= 15 is 0 Å². The Hall–Kier alpha value is -1.68. The van der Waals surface area contributed by atoms with Gasteiger partial charge in [0.1, 0.15) is 11.6 Å². The first-order valence-corrected chi connectivity index (χ1v) is 6.07. The maximum absolute atomic E-state index is 13.1. The number of rotatable bonds is 4. The van der Waals surface area contributed by atoms with Crippen LogP contribution in [0.15, 0.2) is 24.3 Å². The first kappa shape index (κ1) is 12.8. The lowest BCUT2D eigenvalue weighted by Gasteiger charge is -2.06. The number of hydrogen-bond acceptors (Lipinski definition) is 2. The Morgan fingerprint density at radius 1 is 1.33 bits per heavy atom. The van der Waals surface area contributed by atoms with E-state index in [4.69, 9.17) is 5.73 Å². The molecule has 18 heavy (non-hydrogen) atoms. The minimum Gasteiger partial charge on any atom is -0.335 e. The minimum atomic E-state index is -0.187. The second kappa shape index (κ2) is 5.31. The summed E-state index contributed by atoms with van der Waals surface area (Å²) in [6.45, 7) is 2.41. The SMILES string of the molecule is Cc1nc(CN)c(CCc2cccc(F)c2)n1C. The zero-order valence-electron chi connectivity index (χ0n) is 10.8. The molecule has 1 heterocycles. The minimum absolute atomic E-state index is 0.187. The Bertz CT molecular complexity index is 546. The molecular formula is C14H18FN3. The third kappa shape index (κ3) is 2.59. The summed E-state index contributed by atoms with van der Waals surface area (Å²) in [5.41, 5.74) is 8.76. The van der Waals surface area contributed by atoms with Gasteiger partial charge in [0.2, 0.25) is 0 Å². The van der Waals surface area contributed by atoms with Crippen LogP contribution >= 0.6 is 0 Å². The topological polar surface area (TPSA) is 43.8 Å². The maximum atomic E-state index is 13.1. The number of halogens is 1. The van der Waals surface area contributed by atoms with Crippen LogP contribution < -0.4 is 5.73 Å². The molecule has 1 aromatic heterocycles. The van der Waals surface area contributed by atoms with Crippen molar-refractivity contribution < 1.29 is 4.39 Å². The summed E-state index contributed by atoms with van der Waals surface area (Å²) >= 11 is 0. The van der Waals surface area contributed by atoms with E-state index in [0.29, 0.717) is 6.54 Å². The van der Waals surface area contributed by atoms with Crippen molar-refractivity contribution in [2.45, 2.75) is 26.3 Å². The van der Waals surface area contributed by atoms with Crippen molar-refractivity contribution in [1.29, 1.82) is 0 Å². The molecule has 0 amide bonds. The molecule has 0 spiro atoms. The summed E-state index contributed by atoms with van der Waals surface area (Å²) in [5.74, 6) is 0.775. The first-order chi connectivity index (χ1) is 8.61. The van der Waals surface area contributed by atoms with Crippen molar-refractivity contribution in [2.75, 3.05) is 0 Å². The predicted molar refractivity (Wildman–Crippen MR) is 69.6 cm³/mol. The summed E-state index contributed by atoms with van der Waals surface area (Å²) in [5, 5.41) is 0. The number of nitrogens with zero attached hydrogens (tertiary/aromatic N) is 2. The van der Waals surface area contributed by atoms with Gasteiger partial charge in [-0.05, 0) is 37.5 Å². The highest BCUT2D eigenvalue weighted by Gasteiger charge is 2.10. The number of aromatic nitrogens is 2. The highest BCUT2D eigenvalue weighted by molar-refractivity contribution is 5.21. The lowest BCUT2D eigenvalue weighted by molar-refractivity contribution is 0.624. The summed E-state index contributed by atoms with van der Waals surface area (Å²) in [4.78, 5) is 4.42. The lowest BCUT2D eigenvalue weighted by Crippen LogP contribution is -2.06. The number of hydrogen-bond donors (Lipinski definition) is 1. The van der Waals surface area contributed by atoms with Crippen LogP contribution in [0.2, 0.25) is 0 Å². The Kier molecular flexibility index (Phi) is 3.77. The molecule has 96 valence electrons. The molecule has 0 fully saturated rings. The predicted octanol–water partition coefficient (Wildman–Crippen LogP) is 2.11. The van der Waals surface area contributed by atoms with Crippen molar-refractivity contribution >= 4 is 0 Å². The molecule has 0 aliphatic rings. The zero-order chi connectivity index (χ0) is 13.1. The number of imidazole rings is 1. The molecule has 0 radical (unpaired) electrons. The van der Waals surface area contributed by atoms with E-state index in [1.165, 1.54) is 6.07 Å². The van der Waals surface area contributed by atoms with Crippen LogP contribution in [-0.2, 0) is 26.4 Å². The summed E-state index contributed by atoms with van der Waals surface area (Å²) in [6, 6.07) is 6.71. The molecule has 0 saturated heterocycles. The fourth-order valence-electron chi connectivity index (χ4n) is 2.15. The largest absolute Gasteiger partial charge is 0.335 e. The zero-order valence-corrected chi connectivity index (χ0v) is 10.8. The molecule has 0 atom stereocenters. The molecule has 2 N–H and O–H groups in total. The second-order valence-corrected chi connectivity index (χ2v) is 4.45. The van der Waals surface area contributed by atoms with Gasteiger partial charge in [0, 0.05) is 19.3 Å². The van der Waals surface area contributed by atoms with E-state index in [9.17, 15) is 4.39 Å². The van der Waals surface area contributed by atoms with Crippen molar-refractivity contribution in [3.8, 4) is 0 Å². The van der Waals surface area contributed by atoms with Crippen LogP contribution in [0.1, 0.15) is 22.8 Å². The van der Waals surface area contributed by atoms with Crippen LogP contribution in [0.3, 0.4) is 0 Å². The van der Waals surface area contributed by atoms with E-state index in [-0.39, 0.29) is 5.82 Å². The van der Waals surface area contributed by atoms with Crippen LogP contribution in [0.4, 0.5) is 4.39 Å². The van der Waals surface area contributed by atoms with Gasteiger partial charge in [0.05, 0.1) is 5.69 Å². The third-order valence-corrected chi connectivity index (χ3v) is 3.25. The first-order valence-electron chi connectivity index (χ1n) is 6.07. The molecule has 4 heteroatoms. The van der Waals surface area contributed by atoms with Crippen LogP contribution in [-0.4, -0.2) is 9.55 Å². The van der Waals surface area contributed by atoms with E-state index in [0.717, 1.165) is 35.6 Å². The Balaban J connectivity index is 2.15. The van der Waals surface area contributed by atoms with E-state index in [2.05, 4.69) is 9.55 Å². The second-order valence-electron chi connectivity index (χ2n) is 4.45. The standard InChI is InChI=1S/C14H18FN3/c1-10-17-13(9-16)14(18(10)2)7-6-11-4-3-5-12(15)8-11/h3-5,8H,6-7,9,16H2,1-2H3. The highest BCUT2D eigenvalue weighted by Crippen LogP contribution is 2.14. The molecule has 0 unspecified atom stereocenters. The highest BCUT2D eigenvalue weighted by atomic mass is 19.1. The van der Waals surface area contributed by atoms with Gasteiger partial charge in [-0.3, -0.25) is 0 Å². The van der Waals surface area contributed by atoms with Gasteiger partial charge in [0.25, 0.3) is 0 Å². The summed E-state index contributed by atoms with van der Waals surface area (Å²) in [6.07, 6.45) is 1.62. The van der Waals surface area contributed by atoms with Crippen LogP contribution in [0.25, 0.3) is 0 Å².